The first-order valence-corrected chi connectivity index (χ1v) is 19.1. The van der Waals surface area contributed by atoms with Crippen LogP contribution >= 0.6 is 11.3 Å². The zero-order valence-corrected chi connectivity index (χ0v) is 31.8. The summed E-state index contributed by atoms with van der Waals surface area (Å²) >= 11 is 1.87. The van der Waals surface area contributed by atoms with Crippen LogP contribution in [0.5, 0.6) is 0 Å². The summed E-state index contributed by atoms with van der Waals surface area (Å²) in [6.07, 6.45) is 3.80. The third-order valence-corrected chi connectivity index (χ3v) is 12.4. The number of aromatic nitrogens is 1. The van der Waals surface area contributed by atoms with Crippen LogP contribution in [0.15, 0.2) is 140 Å². The number of para-hydroxylation sites is 1. The molecule has 4 nitrogen and oxygen atoms in total. The van der Waals surface area contributed by atoms with Crippen LogP contribution in [0, 0.1) is 13.8 Å². The molecular formula is C47H41BN2O2S. The molecule has 0 N–H and O–H groups in total. The van der Waals surface area contributed by atoms with E-state index >= 15 is 0 Å². The second-order valence-electron chi connectivity index (χ2n) is 15.2. The van der Waals surface area contributed by atoms with Crippen molar-refractivity contribution in [3.63, 3.8) is 0 Å². The van der Waals surface area contributed by atoms with E-state index in [0.717, 1.165) is 27.9 Å². The van der Waals surface area contributed by atoms with Gasteiger partial charge in [0.15, 0.2) is 0 Å². The lowest BCUT2D eigenvalue weighted by Crippen LogP contribution is -2.41. The van der Waals surface area contributed by atoms with E-state index in [4.69, 9.17) is 9.31 Å². The highest BCUT2D eigenvalue weighted by atomic mass is 32.1. The number of thiophene rings is 1. The van der Waals surface area contributed by atoms with Gasteiger partial charge in [0.25, 0.3) is 0 Å². The van der Waals surface area contributed by atoms with E-state index < -0.39 is 0 Å². The number of anilines is 3. The number of benzene rings is 6. The zero-order valence-electron chi connectivity index (χ0n) is 31.0. The van der Waals surface area contributed by atoms with Crippen molar-refractivity contribution in [3.8, 4) is 22.3 Å². The molecule has 0 atom stereocenters. The van der Waals surface area contributed by atoms with Crippen LogP contribution in [0.4, 0.5) is 17.1 Å². The first kappa shape index (κ1) is 33.6. The fourth-order valence-electron chi connectivity index (χ4n) is 7.64. The van der Waals surface area contributed by atoms with Crippen molar-refractivity contribution in [1.82, 2.24) is 4.98 Å². The number of hydrogen-bond acceptors (Lipinski definition) is 5. The van der Waals surface area contributed by atoms with Gasteiger partial charge in [-0.2, -0.15) is 0 Å². The van der Waals surface area contributed by atoms with Gasteiger partial charge in [-0.15, -0.1) is 11.3 Å². The molecule has 0 amide bonds. The van der Waals surface area contributed by atoms with E-state index in [1.807, 2.05) is 23.7 Å². The van der Waals surface area contributed by atoms with Gasteiger partial charge in [0.2, 0.25) is 0 Å². The second kappa shape index (κ2) is 12.7. The van der Waals surface area contributed by atoms with Crippen LogP contribution in [0.3, 0.4) is 0 Å². The van der Waals surface area contributed by atoms with Gasteiger partial charge in [0.05, 0.1) is 11.2 Å². The Morgan fingerprint density at radius 2 is 1.30 bits per heavy atom. The number of fused-ring (bicyclic) bond motifs is 4. The minimum Gasteiger partial charge on any atom is -0.399 e. The Morgan fingerprint density at radius 3 is 2.06 bits per heavy atom. The number of hydrogen-bond donors (Lipinski definition) is 0. The van der Waals surface area contributed by atoms with Gasteiger partial charge in [-0.05, 0) is 129 Å². The molecule has 1 fully saturated rings. The molecule has 53 heavy (non-hydrogen) atoms. The molecule has 0 radical (unpaired) electrons. The molecule has 1 saturated heterocycles. The van der Waals surface area contributed by atoms with Crippen molar-refractivity contribution in [2.75, 3.05) is 4.90 Å². The lowest BCUT2D eigenvalue weighted by Gasteiger charge is -2.32. The molecule has 260 valence electrons. The Balaban J connectivity index is 1.17. The molecule has 8 aromatic rings. The molecule has 0 saturated carbocycles. The summed E-state index contributed by atoms with van der Waals surface area (Å²) in [5.41, 5.74) is 10.9. The van der Waals surface area contributed by atoms with Gasteiger partial charge < -0.3 is 14.2 Å². The van der Waals surface area contributed by atoms with E-state index in [2.05, 4.69) is 179 Å². The van der Waals surface area contributed by atoms with Crippen molar-refractivity contribution in [3.05, 3.63) is 151 Å². The summed E-state index contributed by atoms with van der Waals surface area (Å²) in [5.74, 6) is 0. The Kier molecular flexibility index (Phi) is 8.04. The van der Waals surface area contributed by atoms with Crippen LogP contribution in [0.1, 0.15) is 38.8 Å². The number of pyridine rings is 1. The molecule has 9 rings (SSSR count). The van der Waals surface area contributed by atoms with Crippen molar-refractivity contribution < 1.29 is 9.31 Å². The molecule has 3 heterocycles. The topological polar surface area (TPSA) is 34.6 Å². The summed E-state index contributed by atoms with van der Waals surface area (Å²) in [5, 5.41) is 4.82. The summed E-state index contributed by atoms with van der Waals surface area (Å²) in [7, 11) is -0.381. The average molecular weight is 709 g/mol. The monoisotopic (exact) mass is 708 g/mol. The summed E-state index contributed by atoms with van der Waals surface area (Å²) in [4.78, 5) is 6.80. The van der Waals surface area contributed by atoms with E-state index in [0.29, 0.717) is 0 Å². The maximum absolute atomic E-state index is 6.37. The normalized spacial score (nSPS) is 15.1. The first-order valence-electron chi connectivity index (χ1n) is 18.3. The summed E-state index contributed by atoms with van der Waals surface area (Å²) < 4.78 is 15.3. The summed E-state index contributed by atoms with van der Waals surface area (Å²) in [6, 6.07) is 46.4. The standard InChI is InChI=1S/C47H41BN2O2S/c1-30-24-33(17-20-39(30)40-21-18-35(25-31(40)2)48-51-46(3,4)47(5,6)52-48)42-27-38(28-43-41-14-10-11-15-44(41)53-45(42)43)50(36-12-8-7-9-13-36)37-19-16-32-22-23-49-29-34(32)26-37/h7-29H,1-6H3. The smallest absolute Gasteiger partial charge is 0.399 e. The predicted octanol–water partition coefficient (Wildman–Crippen LogP) is 12.3. The SMILES string of the molecule is Cc1cc(B2OC(C)(C)C(C)(C)O2)ccc1-c1ccc(-c2cc(N(c3ccccc3)c3ccc4ccncc4c3)cc3c2sc2ccccc23)cc1C. The van der Waals surface area contributed by atoms with Crippen molar-refractivity contribution in [2.24, 2.45) is 0 Å². The Bertz CT molecular complexity index is 2670. The Labute approximate surface area is 315 Å². The van der Waals surface area contributed by atoms with Gasteiger partial charge in [-0.1, -0.05) is 78.9 Å². The average Bonchev–Trinajstić information content (AvgIpc) is 3.64. The highest BCUT2D eigenvalue weighted by Gasteiger charge is 2.51. The Hall–Kier alpha value is -5.27. The molecule has 0 unspecified atom stereocenters. The molecule has 0 aliphatic carbocycles. The molecule has 2 aromatic heterocycles. The van der Waals surface area contributed by atoms with Gasteiger partial charge >= 0.3 is 7.12 Å². The van der Waals surface area contributed by atoms with E-state index in [9.17, 15) is 0 Å². The lowest BCUT2D eigenvalue weighted by atomic mass is 9.77. The number of rotatable bonds is 6. The highest BCUT2D eigenvalue weighted by Crippen LogP contribution is 2.46. The van der Waals surface area contributed by atoms with Crippen molar-refractivity contribution in [2.45, 2.75) is 52.7 Å². The molecule has 6 aromatic carbocycles. The Morgan fingerprint density at radius 1 is 0.585 bits per heavy atom. The third kappa shape index (κ3) is 5.82. The first-order chi connectivity index (χ1) is 25.6. The fraction of sp³-hybridized carbons (Fsp3) is 0.170. The largest absolute Gasteiger partial charge is 0.494 e. The van der Waals surface area contributed by atoms with Crippen LogP contribution in [-0.4, -0.2) is 23.3 Å². The molecule has 0 spiro atoms. The number of aryl methyl sites for hydroxylation is 2. The van der Waals surface area contributed by atoms with Gasteiger partial charge in [-0.25, -0.2) is 0 Å². The lowest BCUT2D eigenvalue weighted by molar-refractivity contribution is 0.00578. The van der Waals surface area contributed by atoms with Gasteiger partial charge in [-0.3, -0.25) is 4.98 Å². The van der Waals surface area contributed by atoms with Crippen LogP contribution < -0.4 is 10.4 Å². The van der Waals surface area contributed by atoms with Crippen LogP contribution in [0.2, 0.25) is 0 Å². The minimum absolute atomic E-state index is 0.376. The molecular weight excluding hydrogens is 667 g/mol. The van der Waals surface area contributed by atoms with E-state index in [1.165, 1.54) is 58.9 Å². The minimum atomic E-state index is -0.381. The van der Waals surface area contributed by atoms with Crippen molar-refractivity contribution >= 4 is 71.9 Å². The van der Waals surface area contributed by atoms with Gasteiger partial charge in [0.1, 0.15) is 0 Å². The maximum Gasteiger partial charge on any atom is 0.494 e. The molecule has 0 bridgehead atoms. The van der Waals surface area contributed by atoms with E-state index in [-0.39, 0.29) is 18.3 Å². The highest BCUT2D eigenvalue weighted by molar-refractivity contribution is 7.26. The second-order valence-corrected chi connectivity index (χ2v) is 16.3. The fourth-order valence-corrected chi connectivity index (χ4v) is 8.86. The quantitative estimate of drug-likeness (QED) is 0.161. The summed E-state index contributed by atoms with van der Waals surface area (Å²) in [6.45, 7) is 12.8. The third-order valence-electron chi connectivity index (χ3n) is 11.2. The zero-order chi connectivity index (χ0) is 36.5. The molecule has 1 aliphatic heterocycles. The predicted molar refractivity (Wildman–Crippen MR) is 225 cm³/mol. The van der Waals surface area contributed by atoms with E-state index in [1.54, 1.807) is 0 Å². The van der Waals surface area contributed by atoms with Crippen molar-refractivity contribution in [1.29, 1.82) is 0 Å². The number of nitrogens with zero attached hydrogens (tertiary/aromatic N) is 2. The van der Waals surface area contributed by atoms with Gasteiger partial charge in [0, 0.05) is 60.6 Å². The maximum atomic E-state index is 6.37. The molecule has 1 aliphatic rings. The van der Waals surface area contributed by atoms with Crippen LogP contribution in [0.25, 0.3) is 53.2 Å². The molecule has 6 heteroatoms. The van der Waals surface area contributed by atoms with Crippen LogP contribution in [-0.2, 0) is 9.31 Å².